The summed E-state index contributed by atoms with van der Waals surface area (Å²) in [4.78, 5) is 28.0. The lowest BCUT2D eigenvalue weighted by Crippen LogP contribution is -2.42. The summed E-state index contributed by atoms with van der Waals surface area (Å²) in [6, 6.07) is 25.2. The molecule has 0 N–H and O–H groups in total. The maximum absolute atomic E-state index is 13.5. The van der Waals surface area contributed by atoms with Crippen LogP contribution in [0.3, 0.4) is 0 Å². The minimum Gasteiger partial charge on any atom is -0.332 e. The number of hydrogen-bond acceptors (Lipinski definition) is 2. The number of nitrogens with zero attached hydrogens (tertiary/aromatic N) is 2. The van der Waals surface area contributed by atoms with Crippen LogP contribution >= 0.6 is 15.9 Å². The molecule has 0 saturated heterocycles. The molecule has 1 aliphatic heterocycles. The standard InChI is InChI=1S/C25H19BrN2O2/c26-19-12-10-17(11-13-19)16-28-22-9-5-4-8-20(22)21-14-15-27(25(30)23(21)28)24(29)18-6-2-1-3-7-18/h1-13H,14-16H2. The Morgan fingerprint density at radius 1 is 0.900 bits per heavy atom. The van der Waals surface area contributed by atoms with Gasteiger partial charge >= 0.3 is 0 Å². The molecule has 2 amide bonds. The molecule has 0 fully saturated rings. The number of amides is 2. The molecule has 0 aliphatic carbocycles. The van der Waals surface area contributed by atoms with E-state index < -0.39 is 0 Å². The molecule has 2 heterocycles. The van der Waals surface area contributed by atoms with Gasteiger partial charge in [0.25, 0.3) is 11.8 Å². The number of para-hydroxylation sites is 1. The van der Waals surface area contributed by atoms with Crippen molar-refractivity contribution in [3.63, 3.8) is 0 Å². The van der Waals surface area contributed by atoms with E-state index in [1.54, 1.807) is 12.1 Å². The number of halogens is 1. The van der Waals surface area contributed by atoms with Gasteiger partial charge in [0, 0.05) is 34.0 Å². The SMILES string of the molecule is O=C(c1ccccc1)N1CCc2c(n(Cc3ccc(Br)cc3)c3ccccc23)C1=O. The van der Waals surface area contributed by atoms with E-state index in [-0.39, 0.29) is 11.8 Å². The van der Waals surface area contributed by atoms with Gasteiger partial charge in [-0.05, 0) is 47.9 Å². The van der Waals surface area contributed by atoms with Gasteiger partial charge in [-0.3, -0.25) is 14.5 Å². The van der Waals surface area contributed by atoms with Crippen LogP contribution in [0.2, 0.25) is 0 Å². The fourth-order valence-corrected chi connectivity index (χ4v) is 4.46. The summed E-state index contributed by atoms with van der Waals surface area (Å²) in [5.41, 5.74) is 4.30. The molecule has 148 valence electrons. The van der Waals surface area contributed by atoms with Gasteiger partial charge in [0.05, 0.1) is 0 Å². The fraction of sp³-hybridized carbons (Fsp3) is 0.120. The fourth-order valence-electron chi connectivity index (χ4n) is 4.19. The lowest BCUT2D eigenvalue weighted by molar-refractivity contribution is 0.0598. The topological polar surface area (TPSA) is 42.3 Å². The number of fused-ring (bicyclic) bond motifs is 3. The van der Waals surface area contributed by atoms with E-state index in [9.17, 15) is 9.59 Å². The normalized spacial score (nSPS) is 13.5. The van der Waals surface area contributed by atoms with E-state index in [4.69, 9.17) is 0 Å². The average molecular weight is 459 g/mol. The van der Waals surface area contributed by atoms with Crippen LogP contribution in [0.1, 0.15) is 32.0 Å². The van der Waals surface area contributed by atoms with Gasteiger partial charge in [0.1, 0.15) is 5.69 Å². The first-order valence-electron chi connectivity index (χ1n) is 9.89. The van der Waals surface area contributed by atoms with Crippen LogP contribution < -0.4 is 0 Å². The number of carbonyl (C=O) groups is 2. The van der Waals surface area contributed by atoms with E-state index in [0.29, 0.717) is 30.8 Å². The van der Waals surface area contributed by atoms with E-state index in [0.717, 1.165) is 26.5 Å². The van der Waals surface area contributed by atoms with Gasteiger partial charge in [-0.1, -0.05) is 64.5 Å². The zero-order valence-corrected chi connectivity index (χ0v) is 17.8. The zero-order chi connectivity index (χ0) is 20.7. The predicted octanol–water partition coefficient (Wildman–Crippen LogP) is 5.29. The summed E-state index contributed by atoms with van der Waals surface area (Å²) in [5.74, 6) is -0.467. The molecule has 0 radical (unpaired) electrons. The molecule has 1 aromatic heterocycles. The van der Waals surface area contributed by atoms with Crippen molar-refractivity contribution in [2.24, 2.45) is 0 Å². The molecule has 5 rings (SSSR count). The highest BCUT2D eigenvalue weighted by Gasteiger charge is 2.34. The summed E-state index contributed by atoms with van der Waals surface area (Å²) in [5, 5.41) is 1.09. The largest absolute Gasteiger partial charge is 0.332 e. The Hall–Kier alpha value is -3.18. The third-order valence-corrected chi connectivity index (χ3v) is 6.16. The molecule has 0 saturated carbocycles. The van der Waals surface area contributed by atoms with Crippen molar-refractivity contribution >= 4 is 38.6 Å². The van der Waals surface area contributed by atoms with Gasteiger partial charge in [0.2, 0.25) is 0 Å². The molecule has 30 heavy (non-hydrogen) atoms. The predicted molar refractivity (Wildman–Crippen MR) is 121 cm³/mol. The van der Waals surface area contributed by atoms with Gasteiger partial charge in [-0.15, -0.1) is 0 Å². The zero-order valence-electron chi connectivity index (χ0n) is 16.2. The summed E-state index contributed by atoms with van der Waals surface area (Å²) >= 11 is 3.47. The van der Waals surface area contributed by atoms with Crippen molar-refractivity contribution in [1.29, 1.82) is 0 Å². The van der Waals surface area contributed by atoms with Gasteiger partial charge in [-0.2, -0.15) is 0 Å². The number of imide groups is 1. The van der Waals surface area contributed by atoms with Crippen LogP contribution in [0.4, 0.5) is 0 Å². The Morgan fingerprint density at radius 2 is 1.60 bits per heavy atom. The third-order valence-electron chi connectivity index (χ3n) is 5.63. The molecule has 1 aliphatic rings. The molecule has 4 nitrogen and oxygen atoms in total. The number of carbonyl (C=O) groups excluding carboxylic acids is 2. The quantitative estimate of drug-likeness (QED) is 0.391. The van der Waals surface area contributed by atoms with E-state index >= 15 is 0 Å². The smallest absolute Gasteiger partial charge is 0.277 e. The molecule has 0 bridgehead atoms. The van der Waals surface area contributed by atoms with Crippen LogP contribution in [-0.4, -0.2) is 27.8 Å². The molecule has 0 spiro atoms. The van der Waals surface area contributed by atoms with Crippen molar-refractivity contribution in [2.45, 2.75) is 13.0 Å². The second-order valence-electron chi connectivity index (χ2n) is 7.43. The molecule has 3 aromatic carbocycles. The lowest BCUT2D eigenvalue weighted by atomic mass is 10.0. The van der Waals surface area contributed by atoms with E-state index in [1.807, 2.05) is 60.7 Å². The maximum Gasteiger partial charge on any atom is 0.277 e. The van der Waals surface area contributed by atoms with Crippen LogP contribution in [0, 0.1) is 0 Å². The van der Waals surface area contributed by atoms with Crippen molar-refractivity contribution < 1.29 is 9.59 Å². The number of rotatable bonds is 3. The monoisotopic (exact) mass is 458 g/mol. The van der Waals surface area contributed by atoms with Crippen LogP contribution in [0.25, 0.3) is 10.9 Å². The highest BCUT2D eigenvalue weighted by molar-refractivity contribution is 9.10. The average Bonchev–Trinajstić information content (AvgIpc) is 3.10. The summed E-state index contributed by atoms with van der Waals surface area (Å²) in [6.07, 6.45) is 0.660. The van der Waals surface area contributed by atoms with Crippen molar-refractivity contribution in [3.8, 4) is 0 Å². The second-order valence-corrected chi connectivity index (χ2v) is 8.35. The molecule has 4 aromatic rings. The number of aromatic nitrogens is 1. The first-order chi connectivity index (χ1) is 14.6. The Kier molecular flexibility index (Phi) is 4.75. The lowest BCUT2D eigenvalue weighted by Gasteiger charge is -2.26. The Morgan fingerprint density at radius 3 is 2.37 bits per heavy atom. The van der Waals surface area contributed by atoms with Crippen LogP contribution in [0.5, 0.6) is 0 Å². The summed E-state index contributed by atoms with van der Waals surface area (Å²) in [7, 11) is 0. The van der Waals surface area contributed by atoms with Crippen LogP contribution in [-0.2, 0) is 13.0 Å². The van der Waals surface area contributed by atoms with Gasteiger partial charge in [-0.25, -0.2) is 0 Å². The van der Waals surface area contributed by atoms with Gasteiger partial charge < -0.3 is 4.57 Å². The number of benzene rings is 3. The Bertz CT molecular complexity index is 1260. The first-order valence-corrected chi connectivity index (χ1v) is 10.7. The highest BCUT2D eigenvalue weighted by Crippen LogP contribution is 2.32. The van der Waals surface area contributed by atoms with Crippen molar-refractivity contribution in [1.82, 2.24) is 9.47 Å². The maximum atomic E-state index is 13.5. The molecule has 5 heteroatoms. The Balaban J connectivity index is 1.61. The molecular weight excluding hydrogens is 440 g/mol. The minimum atomic E-state index is -0.244. The van der Waals surface area contributed by atoms with Crippen molar-refractivity contribution in [2.75, 3.05) is 6.54 Å². The van der Waals surface area contributed by atoms with E-state index in [2.05, 4.69) is 26.6 Å². The minimum absolute atomic E-state index is 0.224. The van der Waals surface area contributed by atoms with Gasteiger partial charge in [0.15, 0.2) is 0 Å². The van der Waals surface area contributed by atoms with Crippen molar-refractivity contribution in [3.05, 3.63) is 106 Å². The summed E-state index contributed by atoms with van der Waals surface area (Å²) in [6.45, 7) is 0.966. The van der Waals surface area contributed by atoms with E-state index in [1.165, 1.54) is 4.90 Å². The molecule has 0 unspecified atom stereocenters. The summed E-state index contributed by atoms with van der Waals surface area (Å²) < 4.78 is 3.07. The highest BCUT2D eigenvalue weighted by atomic mass is 79.9. The Labute approximate surface area is 182 Å². The third kappa shape index (κ3) is 3.15. The van der Waals surface area contributed by atoms with Crippen LogP contribution in [0.15, 0.2) is 83.3 Å². The molecule has 0 atom stereocenters. The number of hydrogen-bond donors (Lipinski definition) is 0. The second kappa shape index (κ2) is 7.58. The first kappa shape index (κ1) is 18.8. The molecular formula is C25H19BrN2O2.